The van der Waals surface area contributed by atoms with Gasteiger partial charge in [0.25, 0.3) is 0 Å². The van der Waals surface area contributed by atoms with Gasteiger partial charge < -0.3 is 5.11 Å². The first-order valence-electron chi connectivity index (χ1n) is 3.95. The first kappa shape index (κ1) is 9.70. The molecule has 0 heterocycles. The minimum Gasteiger partial charge on any atom is -0.389 e. The summed E-state index contributed by atoms with van der Waals surface area (Å²) in [6.45, 7) is 5.67. The Kier molecular flexibility index (Phi) is 6.61. The maximum absolute atomic E-state index is 9.15. The summed E-state index contributed by atoms with van der Waals surface area (Å²) in [6.07, 6.45) is 7.51. The highest BCUT2D eigenvalue weighted by molar-refractivity contribution is 4.89. The van der Waals surface area contributed by atoms with Gasteiger partial charge in [0.15, 0.2) is 0 Å². The third-order valence-corrected chi connectivity index (χ3v) is 1.46. The van der Waals surface area contributed by atoms with Crippen molar-refractivity contribution in [3.8, 4) is 0 Å². The normalized spacial score (nSPS) is 14.3. The summed E-state index contributed by atoms with van der Waals surface area (Å²) in [6, 6.07) is 0. The van der Waals surface area contributed by atoms with Gasteiger partial charge in [-0.1, -0.05) is 38.3 Å². The van der Waals surface area contributed by atoms with Crippen LogP contribution in [0.4, 0.5) is 0 Å². The van der Waals surface area contributed by atoms with Crippen molar-refractivity contribution >= 4 is 0 Å². The number of aliphatic hydroxyl groups excluding tert-OH is 1. The molecule has 0 aliphatic carbocycles. The molecular weight excluding hydrogens is 124 g/mol. The molecule has 0 saturated heterocycles. The monoisotopic (exact) mass is 141 g/mol. The average molecular weight is 141 g/mol. The predicted molar refractivity (Wildman–Crippen MR) is 44.6 cm³/mol. The summed E-state index contributed by atoms with van der Waals surface area (Å²) in [7, 11) is 0. The van der Waals surface area contributed by atoms with E-state index in [2.05, 4.69) is 13.8 Å². The Morgan fingerprint density at radius 3 is 2.70 bits per heavy atom. The number of aliphatic hydroxyl groups is 1. The van der Waals surface area contributed by atoms with Crippen LogP contribution in [0.5, 0.6) is 0 Å². The lowest BCUT2D eigenvalue weighted by molar-refractivity contribution is 0.208. The van der Waals surface area contributed by atoms with Crippen LogP contribution in [0.15, 0.2) is 12.2 Å². The summed E-state index contributed by atoms with van der Waals surface area (Å²) in [4.78, 5) is 0. The van der Waals surface area contributed by atoms with E-state index in [1.807, 2.05) is 0 Å². The number of unbranched alkanes of at least 4 members (excludes halogenated alkanes) is 2. The lowest BCUT2D eigenvalue weighted by Gasteiger charge is -2.02. The molecular formula is C9H17O. The Labute approximate surface area is 63.8 Å². The highest BCUT2D eigenvalue weighted by Gasteiger charge is 1.95. The Balaban J connectivity index is 3.13. The fourth-order valence-electron chi connectivity index (χ4n) is 0.857. The third-order valence-electron chi connectivity index (χ3n) is 1.46. The first-order chi connectivity index (χ1) is 4.81. The number of hydrogen-bond acceptors (Lipinski definition) is 1. The lowest BCUT2D eigenvalue weighted by Crippen LogP contribution is -2.00. The highest BCUT2D eigenvalue weighted by Crippen LogP contribution is 2.03. The number of allylic oxidation sites excluding steroid dienone is 1. The van der Waals surface area contributed by atoms with E-state index in [-0.39, 0.29) is 6.10 Å². The van der Waals surface area contributed by atoms with Crippen LogP contribution < -0.4 is 0 Å². The molecule has 0 saturated carbocycles. The van der Waals surface area contributed by atoms with Crippen LogP contribution >= 0.6 is 0 Å². The van der Waals surface area contributed by atoms with Crippen molar-refractivity contribution in [1.82, 2.24) is 0 Å². The standard InChI is InChI=1S/C9H17O/c1-3-5-6-8-9(10)7-4-2/h4,7,9-10H,2-3,5-6,8H2,1H3. The average Bonchev–Trinajstić information content (AvgIpc) is 1.89. The molecule has 1 N–H and O–H groups in total. The molecule has 1 nitrogen and oxygen atoms in total. The van der Waals surface area contributed by atoms with Gasteiger partial charge in [-0.3, -0.25) is 0 Å². The van der Waals surface area contributed by atoms with E-state index in [4.69, 9.17) is 5.11 Å². The molecule has 1 atom stereocenters. The first-order valence-corrected chi connectivity index (χ1v) is 3.95. The molecule has 0 amide bonds. The molecule has 10 heavy (non-hydrogen) atoms. The molecule has 0 bridgehead atoms. The Morgan fingerprint density at radius 2 is 2.20 bits per heavy atom. The van der Waals surface area contributed by atoms with Crippen LogP contribution in [0.3, 0.4) is 0 Å². The van der Waals surface area contributed by atoms with Crippen LogP contribution in [0.2, 0.25) is 0 Å². The molecule has 1 unspecified atom stereocenters. The van der Waals surface area contributed by atoms with Crippen molar-refractivity contribution in [1.29, 1.82) is 0 Å². The fourth-order valence-corrected chi connectivity index (χ4v) is 0.857. The molecule has 0 aliphatic rings. The maximum atomic E-state index is 9.15. The lowest BCUT2D eigenvalue weighted by atomic mass is 10.1. The van der Waals surface area contributed by atoms with Gasteiger partial charge in [-0.05, 0) is 13.3 Å². The molecule has 0 aromatic rings. The molecule has 1 heteroatoms. The van der Waals surface area contributed by atoms with Crippen molar-refractivity contribution in [2.45, 2.75) is 38.7 Å². The molecule has 0 aromatic heterocycles. The molecule has 0 aliphatic heterocycles. The molecule has 0 fully saturated rings. The van der Waals surface area contributed by atoms with Crippen LogP contribution in [0, 0.1) is 6.92 Å². The minimum absolute atomic E-state index is 0.274. The Morgan fingerprint density at radius 1 is 1.50 bits per heavy atom. The van der Waals surface area contributed by atoms with Gasteiger partial charge in [0, 0.05) is 0 Å². The van der Waals surface area contributed by atoms with Gasteiger partial charge in [0.05, 0.1) is 6.10 Å². The van der Waals surface area contributed by atoms with Crippen LogP contribution in [0.25, 0.3) is 0 Å². The van der Waals surface area contributed by atoms with Crippen molar-refractivity contribution in [2.75, 3.05) is 0 Å². The van der Waals surface area contributed by atoms with Crippen molar-refractivity contribution in [3.63, 3.8) is 0 Å². The summed E-state index contributed by atoms with van der Waals surface area (Å²) < 4.78 is 0. The fraction of sp³-hybridized carbons (Fsp3) is 0.667. The largest absolute Gasteiger partial charge is 0.389 e. The van der Waals surface area contributed by atoms with E-state index in [0.29, 0.717) is 0 Å². The summed E-state index contributed by atoms with van der Waals surface area (Å²) in [5.74, 6) is 0. The van der Waals surface area contributed by atoms with E-state index in [9.17, 15) is 0 Å². The quantitative estimate of drug-likeness (QED) is 0.582. The van der Waals surface area contributed by atoms with Crippen molar-refractivity contribution < 1.29 is 5.11 Å². The second-order valence-electron chi connectivity index (χ2n) is 2.49. The molecule has 1 radical (unpaired) electrons. The van der Waals surface area contributed by atoms with Crippen LogP contribution in [-0.4, -0.2) is 11.2 Å². The van der Waals surface area contributed by atoms with Gasteiger partial charge in [-0.25, -0.2) is 0 Å². The molecule has 59 valence electrons. The minimum atomic E-state index is -0.274. The second kappa shape index (κ2) is 6.81. The highest BCUT2D eigenvalue weighted by atomic mass is 16.3. The SMILES string of the molecule is [CH2]C=CC(O)CCCCC. The maximum Gasteiger partial charge on any atom is 0.0720 e. The third kappa shape index (κ3) is 5.83. The predicted octanol–water partition coefficient (Wildman–Crippen LogP) is 2.32. The Hall–Kier alpha value is -0.300. The van der Waals surface area contributed by atoms with Gasteiger partial charge in [0.2, 0.25) is 0 Å². The zero-order valence-electron chi connectivity index (χ0n) is 6.71. The topological polar surface area (TPSA) is 20.2 Å². The van der Waals surface area contributed by atoms with E-state index in [1.54, 1.807) is 12.2 Å². The zero-order chi connectivity index (χ0) is 7.82. The Bertz CT molecular complexity index is 86.7. The summed E-state index contributed by atoms with van der Waals surface area (Å²) in [5.41, 5.74) is 0. The second-order valence-corrected chi connectivity index (χ2v) is 2.49. The van der Waals surface area contributed by atoms with Crippen molar-refractivity contribution in [2.24, 2.45) is 0 Å². The van der Waals surface area contributed by atoms with E-state index in [0.717, 1.165) is 12.8 Å². The van der Waals surface area contributed by atoms with E-state index >= 15 is 0 Å². The van der Waals surface area contributed by atoms with Crippen molar-refractivity contribution in [3.05, 3.63) is 19.1 Å². The van der Waals surface area contributed by atoms with Crippen LogP contribution in [0.1, 0.15) is 32.6 Å². The van der Waals surface area contributed by atoms with Gasteiger partial charge in [0.1, 0.15) is 0 Å². The molecule has 0 aromatic carbocycles. The van der Waals surface area contributed by atoms with Crippen LogP contribution in [-0.2, 0) is 0 Å². The zero-order valence-corrected chi connectivity index (χ0v) is 6.71. The van der Waals surface area contributed by atoms with E-state index in [1.165, 1.54) is 12.8 Å². The number of hydrogen-bond donors (Lipinski definition) is 1. The molecule has 0 spiro atoms. The van der Waals surface area contributed by atoms with Gasteiger partial charge in [-0.15, -0.1) is 0 Å². The van der Waals surface area contributed by atoms with Gasteiger partial charge in [-0.2, -0.15) is 0 Å². The van der Waals surface area contributed by atoms with E-state index < -0.39 is 0 Å². The smallest absolute Gasteiger partial charge is 0.0720 e. The number of rotatable bonds is 5. The van der Waals surface area contributed by atoms with Gasteiger partial charge >= 0.3 is 0 Å². The molecule has 0 rings (SSSR count). The summed E-state index contributed by atoms with van der Waals surface area (Å²) in [5, 5.41) is 9.15. The summed E-state index contributed by atoms with van der Waals surface area (Å²) >= 11 is 0.